The topological polar surface area (TPSA) is 32.3 Å². The number of unbranched alkanes of at least 4 members (excludes halogenated alkanes) is 2. The molecule has 0 aliphatic rings. The molecule has 0 aliphatic heterocycles. The van der Waals surface area contributed by atoms with E-state index < -0.39 is 0 Å². The molecule has 0 aliphatic carbocycles. The fourth-order valence-corrected chi connectivity index (χ4v) is 2.93. The predicted octanol–water partition coefficient (Wildman–Crippen LogP) is 3.07. The highest BCUT2D eigenvalue weighted by atomic mass is 79.9. The Morgan fingerprint density at radius 2 is 2.20 bits per heavy atom. The van der Waals surface area contributed by atoms with Crippen molar-refractivity contribution in [1.82, 2.24) is 5.32 Å². The van der Waals surface area contributed by atoms with Gasteiger partial charge in [-0.2, -0.15) is 0 Å². The van der Waals surface area contributed by atoms with E-state index in [1.165, 1.54) is 14.2 Å². The SMILES string of the molecule is Cc1sc(CNCCCCCO)cc1Br. The second-order valence-electron chi connectivity index (χ2n) is 3.58. The quantitative estimate of drug-likeness (QED) is 0.757. The molecular formula is C11H18BrNOS. The normalized spacial score (nSPS) is 10.9. The van der Waals surface area contributed by atoms with Crippen molar-refractivity contribution in [2.24, 2.45) is 0 Å². The lowest BCUT2D eigenvalue weighted by Crippen LogP contribution is -2.13. The fourth-order valence-electron chi connectivity index (χ4n) is 1.36. The zero-order valence-corrected chi connectivity index (χ0v) is 11.5. The van der Waals surface area contributed by atoms with Gasteiger partial charge in [0.2, 0.25) is 0 Å². The van der Waals surface area contributed by atoms with Crippen LogP contribution in [0.15, 0.2) is 10.5 Å². The lowest BCUT2D eigenvalue weighted by atomic mass is 10.2. The number of hydrogen-bond acceptors (Lipinski definition) is 3. The molecule has 2 N–H and O–H groups in total. The van der Waals surface area contributed by atoms with Crippen molar-refractivity contribution >= 4 is 27.3 Å². The number of thiophene rings is 1. The molecule has 0 saturated carbocycles. The van der Waals surface area contributed by atoms with Crippen molar-refractivity contribution in [1.29, 1.82) is 0 Å². The minimum atomic E-state index is 0.317. The summed E-state index contributed by atoms with van der Waals surface area (Å²) in [6.07, 6.45) is 3.17. The van der Waals surface area contributed by atoms with E-state index in [1.807, 2.05) is 11.3 Å². The Balaban J connectivity index is 2.10. The molecular weight excluding hydrogens is 274 g/mol. The van der Waals surface area contributed by atoms with Crippen molar-refractivity contribution in [3.05, 3.63) is 20.3 Å². The molecule has 1 heterocycles. The summed E-state index contributed by atoms with van der Waals surface area (Å²) in [7, 11) is 0. The molecule has 0 fully saturated rings. The number of aryl methyl sites for hydroxylation is 1. The van der Waals surface area contributed by atoms with Crippen LogP contribution in [-0.2, 0) is 6.54 Å². The van der Waals surface area contributed by atoms with Crippen LogP contribution in [0.3, 0.4) is 0 Å². The summed E-state index contributed by atoms with van der Waals surface area (Å²) < 4.78 is 1.21. The Hall–Kier alpha value is 0.100. The molecule has 0 spiro atoms. The fraction of sp³-hybridized carbons (Fsp3) is 0.636. The highest BCUT2D eigenvalue weighted by molar-refractivity contribution is 9.10. The smallest absolute Gasteiger partial charge is 0.0431 e. The van der Waals surface area contributed by atoms with Gasteiger partial charge in [0.05, 0.1) is 0 Å². The van der Waals surface area contributed by atoms with Gasteiger partial charge in [-0.1, -0.05) is 0 Å². The summed E-state index contributed by atoms with van der Waals surface area (Å²) in [6.45, 7) is 4.43. The van der Waals surface area contributed by atoms with Crippen molar-refractivity contribution in [3.8, 4) is 0 Å². The van der Waals surface area contributed by atoms with Crippen molar-refractivity contribution < 1.29 is 5.11 Å². The maximum atomic E-state index is 8.61. The molecule has 1 aromatic rings. The van der Waals surface area contributed by atoms with Gasteiger partial charge in [-0.25, -0.2) is 0 Å². The van der Waals surface area contributed by atoms with E-state index in [-0.39, 0.29) is 0 Å². The summed E-state index contributed by atoms with van der Waals surface area (Å²) in [6, 6.07) is 2.18. The van der Waals surface area contributed by atoms with Crippen LogP contribution in [0.1, 0.15) is 29.0 Å². The zero-order valence-electron chi connectivity index (χ0n) is 9.05. The first-order chi connectivity index (χ1) is 7.24. The van der Waals surface area contributed by atoms with E-state index >= 15 is 0 Å². The second-order valence-corrected chi connectivity index (χ2v) is 5.77. The van der Waals surface area contributed by atoms with E-state index in [0.29, 0.717) is 6.61 Å². The molecule has 4 heteroatoms. The van der Waals surface area contributed by atoms with Gasteiger partial charge in [-0.3, -0.25) is 0 Å². The Bertz CT molecular complexity index is 269. The van der Waals surface area contributed by atoms with Gasteiger partial charge in [0.15, 0.2) is 0 Å². The first-order valence-corrected chi connectivity index (χ1v) is 6.91. The van der Waals surface area contributed by atoms with Gasteiger partial charge < -0.3 is 10.4 Å². The first kappa shape index (κ1) is 13.2. The number of halogens is 1. The molecule has 0 saturated heterocycles. The molecule has 0 aromatic carbocycles. The lowest BCUT2D eigenvalue weighted by molar-refractivity contribution is 0.283. The maximum absolute atomic E-state index is 8.61. The molecule has 0 unspecified atom stereocenters. The van der Waals surface area contributed by atoms with Crippen LogP contribution in [0.4, 0.5) is 0 Å². The standard InChI is InChI=1S/C11H18BrNOS/c1-9-11(12)7-10(15-9)8-13-5-3-2-4-6-14/h7,13-14H,2-6,8H2,1H3. The van der Waals surface area contributed by atoms with Crippen molar-refractivity contribution in [3.63, 3.8) is 0 Å². The largest absolute Gasteiger partial charge is 0.396 e. The lowest BCUT2D eigenvalue weighted by Gasteiger charge is -2.01. The van der Waals surface area contributed by atoms with Gasteiger partial charge in [0, 0.05) is 27.4 Å². The van der Waals surface area contributed by atoms with E-state index in [9.17, 15) is 0 Å². The Morgan fingerprint density at radius 1 is 1.40 bits per heavy atom. The summed E-state index contributed by atoms with van der Waals surface area (Å²) in [5.74, 6) is 0. The first-order valence-electron chi connectivity index (χ1n) is 5.30. The summed E-state index contributed by atoms with van der Waals surface area (Å²) >= 11 is 5.35. The molecule has 2 nitrogen and oxygen atoms in total. The minimum Gasteiger partial charge on any atom is -0.396 e. The predicted molar refractivity (Wildman–Crippen MR) is 69.4 cm³/mol. The summed E-state index contributed by atoms with van der Waals surface area (Å²) in [5, 5.41) is 12.0. The van der Waals surface area contributed by atoms with E-state index in [4.69, 9.17) is 5.11 Å². The van der Waals surface area contributed by atoms with Gasteiger partial charge in [-0.05, 0) is 54.7 Å². The molecule has 86 valence electrons. The van der Waals surface area contributed by atoms with E-state index in [1.54, 1.807) is 0 Å². The van der Waals surface area contributed by atoms with Gasteiger partial charge in [0.1, 0.15) is 0 Å². The number of aliphatic hydroxyl groups excluding tert-OH is 1. The zero-order chi connectivity index (χ0) is 11.1. The van der Waals surface area contributed by atoms with Crippen LogP contribution in [0.5, 0.6) is 0 Å². The third-order valence-electron chi connectivity index (χ3n) is 2.22. The maximum Gasteiger partial charge on any atom is 0.0431 e. The Labute approximate surface area is 104 Å². The van der Waals surface area contributed by atoms with Crippen LogP contribution in [0, 0.1) is 6.92 Å². The number of hydrogen-bond donors (Lipinski definition) is 2. The molecule has 0 amide bonds. The highest BCUT2D eigenvalue weighted by Crippen LogP contribution is 2.25. The summed E-state index contributed by atoms with van der Waals surface area (Å²) in [5.41, 5.74) is 0. The Kier molecular flexibility index (Phi) is 6.48. The average molecular weight is 292 g/mol. The monoisotopic (exact) mass is 291 g/mol. The van der Waals surface area contributed by atoms with Crippen LogP contribution in [-0.4, -0.2) is 18.3 Å². The number of aliphatic hydroxyl groups is 1. The summed E-state index contributed by atoms with van der Waals surface area (Å²) in [4.78, 5) is 2.72. The van der Waals surface area contributed by atoms with E-state index in [2.05, 4.69) is 34.2 Å². The molecule has 0 atom stereocenters. The van der Waals surface area contributed by atoms with E-state index in [0.717, 1.165) is 32.4 Å². The Morgan fingerprint density at radius 3 is 2.80 bits per heavy atom. The van der Waals surface area contributed by atoms with Crippen LogP contribution in [0.25, 0.3) is 0 Å². The molecule has 1 aromatic heterocycles. The molecule has 15 heavy (non-hydrogen) atoms. The van der Waals surface area contributed by atoms with Gasteiger partial charge >= 0.3 is 0 Å². The van der Waals surface area contributed by atoms with Gasteiger partial charge in [-0.15, -0.1) is 11.3 Å². The van der Waals surface area contributed by atoms with Crippen molar-refractivity contribution in [2.75, 3.05) is 13.2 Å². The average Bonchev–Trinajstić information content (AvgIpc) is 2.52. The number of nitrogens with one attached hydrogen (secondary N) is 1. The van der Waals surface area contributed by atoms with Crippen LogP contribution in [0.2, 0.25) is 0 Å². The highest BCUT2D eigenvalue weighted by Gasteiger charge is 2.01. The van der Waals surface area contributed by atoms with Crippen LogP contribution < -0.4 is 5.32 Å². The van der Waals surface area contributed by atoms with Crippen LogP contribution >= 0.6 is 27.3 Å². The number of rotatable bonds is 7. The van der Waals surface area contributed by atoms with Crippen molar-refractivity contribution in [2.45, 2.75) is 32.7 Å². The third-order valence-corrected chi connectivity index (χ3v) is 4.36. The second kappa shape index (κ2) is 7.39. The third kappa shape index (κ3) is 5.11. The minimum absolute atomic E-state index is 0.317. The molecule has 0 radical (unpaired) electrons. The molecule has 0 bridgehead atoms. The molecule has 1 rings (SSSR count). The van der Waals surface area contributed by atoms with Gasteiger partial charge in [0.25, 0.3) is 0 Å².